The summed E-state index contributed by atoms with van der Waals surface area (Å²) < 4.78 is 0. The van der Waals surface area contributed by atoms with E-state index in [1.54, 1.807) is 4.90 Å². The zero-order valence-electron chi connectivity index (χ0n) is 9.81. The molecule has 0 aliphatic heterocycles. The summed E-state index contributed by atoms with van der Waals surface area (Å²) in [5, 5.41) is 5.33. The first-order valence-corrected chi connectivity index (χ1v) is 5.64. The lowest BCUT2D eigenvalue weighted by Gasteiger charge is -2.16. The van der Waals surface area contributed by atoms with Crippen LogP contribution in [0.1, 0.15) is 0 Å². The molecule has 1 radical (unpaired) electrons. The molecule has 0 aliphatic rings. The molecule has 0 aliphatic carbocycles. The largest absolute Gasteiger partial charge is 0.318 e. The molecule has 0 spiro atoms. The number of anilines is 1. The van der Waals surface area contributed by atoms with Gasteiger partial charge in [0, 0.05) is 18.8 Å². The van der Waals surface area contributed by atoms with Crippen LogP contribution in [0.25, 0.3) is 10.8 Å². The Labute approximate surface area is 101 Å². The maximum atomic E-state index is 10.9. The molecule has 0 aromatic heterocycles. The van der Waals surface area contributed by atoms with Crippen LogP contribution in [0.3, 0.4) is 0 Å². The highest BCUT2D eigenvalue weighted by Crippen LogP contribution is 2.21. The maximum Gasteiger partial charge on any atom is 0.316 e. The van der Waals surface area contributed by atoms with Crippen molar-refractivity contribution < 1.29 is 4.79 Å². The molecule has 3 nitrogen and oxygen atoms in total. The molecule has 2 aromatic rings. The monoisotopic (exact) mass is 227 g/mol. The molecule has 0 atom stereocenters. The highest BCUT2D eigenvalue weighted by molar-refractivity contribution is 5.88. The zero-order chi connectivity index (χ0) is 12.1. The smallest absolute Gasteiger partial charge is 0.316 e. The van der Waals surface area contributed by atoms with Gasteiger partial charge in [-0.2, -0.15) is 0 Å². The molecule has 2 rings (SSSR count). The van der Waals surface area contributed by atoms with Crippen LogP contribution in [-0.4, -0.2) is 26.5 Å². The zero-order valence-corrected chi connectivity index (χ0v) is 9.81. The third kappa shape index (κ3) is 2.63. The highest BCUT2D eigenvalue weighted by Gasteiger charge is 2.05. The molecule has 1 amide bonds. The van der Waals surface area contributed by atoms with E-state index >= 15 is 0 Å². The average molecular weight is 227 g/mol. The van der Waals surface area contributed by atoms with Gasteiger partial charge in [-0.05, 0) is 30.0 Å². The first kappa shape index (κ1) is 11.6. The molecule has 87 valence electrons. The lowest BCUT2D eigenvalue weighted by Crippen LogP contribution is -2.29. The van der Waals surface area contributed by atoms with Crippen molar-refractivity contribution in [2.45, 2.75) is 0 Å². The molecule has 0 unspecified atom stereocenters. The van der Waals surface area contributed by atoms with Gasteiger partial charge in [-0.25, -0.2) is 0 Å². The normalized spacial score (nSPS) is 10.4. The van der Waals surface area contributed by atoms with Gasteiger partial charge in [0.2, 0.25) is 0 Å². The van der Waals surface area contributed by atoms with E-state index in [9.17, 15) is 4.79 Å². The van der Waals surface area contributed by atoms with E-state index < -0.39 is 0 Å². The molecule has 0 bridgehead atoms. The Bertz CT molecular complexity index is 510. The second-order valence-electron chi connectivity index (χ2n) is 3.88. The number of nitrogens with zero attached hydrogens (tertiary/aromatic N) is 1. The molecule has 0 fully saturated rings. The Hall–Kier alpha value is -1.87. The minimum absolute atomic E-state index is 0.623. The fraction of sp³-hybridized carbons (Fsp3) is 0.214. The number of hydrogen-bond donors (Lipinski definition) is 1. The summed E-state index contributed by atoms with van der Waals surface area (Å²) in [5.41, 5.74) is 0.883. The molecule has 3 heteroatoms. The van der Waals surface area contributed by atoms with E-state index in [1.165, 1.54) is 5.39 Å². The van der Waals surface area contributed by atoms with Crippen LogP contribution in [0.5, 0.6) is 0 Å². The van der Waals surface area contributed by atoms with Crippen molar-refractivity contribution in [2.24, 2.45) is 0 Å². The van der Waals surface area contributed by atoms with E-state index in [4.69, 9.17) is 0 Å². The van der Waals surface area contributed by atoms with Crippen molar-refractivity contribution in [3.63, 3.8) is 0 Å². The van der Waals surface area contributed by atoms with Crippen LogP contribution in [0, 0.1) is 0 Å². The van der Waals surface area contributed by atoms with Crippen LogP contribution in [-0.2, 0) is 4.79 Å². The van der Waals surface area contributed by atoms with E-state index in [0.717, 1.165) is 17.6 Å². The molecule has 0 heterocycles. The number of likely N-dealkylation sites (N-methyl/N-ethyl adjacent to an activating group) is 1. The number of benzene rings is 2. The van der Waals surface area contributed by atoms with Crippen LogP contribution in [0.15, 0.2) is 42.5 Å². The number of fused-ring (bicyclic) bond motifs is 1. The quantitative estimate of drug-likeness (QED) is 0.792. The number of nitrogens with one attached hydrogen (secondary N) is 1. The van der Waals surface area contributed by atoms with Crippen molar-refractivity contribution in [3.05, 3.63) is 42.5 Å². The second kappa shape index (κ2) is 5.46. The molecule has 17 heavy (non-hydrogen) atoms. The molecule has 0 saturated heterocycles. The summed E-state index contributed by atoms with van der Waals surface area (Å²) in [6.07, 6.45) is 1.96. The minimum Gasteiger partial charge on any atom is -0.318 e. The summed E-state index contributed by atoms with van der Waals surface area (Å²) >= 11 is 0. The minimum atomic E-state index is 0.623. The lowest BCUT2D eigenvalue weighted by molar-refractivity contribution is 0.550. The third-order valence-corrected chi connectivity index (χ3v) is 2.74. The SMILES string of the molecule is CNCCN([C]=O)c1ccc2ccccc2c1. The van der Waals surface area contributed by atoms with Crippen LogP contribution >= 0.6 is 0 Å². The highest BCUT2D eigenvalue weighted by atomic mass is 16.1. The maximum absolute atomic E-state index is 10.9. The van der Waals surface area contributed by atoms with Gasteiger partial charge in [0.15, 0.2) is 0 Å². The lowest BCUT2D eigenvalue weighted by atomic mass is 10.1. The van der Waals surface area contributed by atoms with Crippen molar-refractivity contribution in [1.82, 2.24) is 5.32 Å². The topological polar surface area (TPSA) is 32.3 Å². The first-order chi connectivity index (χ1) is 8.35. The summed E-state index contributed by atoms with van der Waals surface area (Å²) in [7, 11) is 1.86. The van der Waals surface area contributed by atoms with E-state index in [2.05, 4.69) is 11.4 Å². The van der Waals surface area contributed by atoms with Gasteiger partial charge in [-0.1, -0.05) is 30.3 Å². The van der Waals surface area contributed by atoms with Gasteiger partial charge in [0.1, 0.15) is 0 Å². The van der Waals surface area contributed by atoms with Crippen LogP contribution < -0.4 is 10.2 Å². The van der Waals surface area contributed by atoms with Gasteiger partial charge >= 0.3 is 6.41 Å². The third-order valence-electron chi connectivity index (χ3n) is 2.74. The van der Waals surface area contributed by atoms with Crippen molar-refractivity contribution in [3.8, 4) is 0 Å². The van der Waals surface area contributed by atoms with Crippen molar-refractivity contribution >= 4 is 22.9 Å². The van der Waals surface area contributed by atoms with E-state index in [-0.39, 0.29) is 0 Å². The Morgan fingerprint density at radius 2 is 1.94 bits per heavy atom. The van der Waals surface area contributed by atoms with E-state index in [1.807, 2.05) is 49.9 Å². The Kier molecular flexibility index (Phi) is 3.73. The summed E-state index contributed by atoms with van der Waals surface area (Å²) in [6.45, 7) is 1.38. The number of amides is 1. The summed E-state index contributed by atoms with van der Waals surface area (Å²) in [4.78, 5) is 12.5. The fourth-order valence-corrected chi connectivity index (χ4v) is 1.80. The number of rotatable bonds is 5. The van der Waals surface area contributed by atoms with Gasteiger partial charge in [0.25, 0.3) is 0 Å². The molecular weight excluding hydrogens is 212 g/mol. The molecular formula is C14H15N2O. The van der Waals surface area contributed by atoms with E-state index in [0.29, 0.717) is 6.54 Å². The predicted molar refractivity (Wildman–Crippen MR) is 70.9 cm³/mol. The van der Waals surface area contributed by atoms with Crippen molar-refractivity contribution in [2.75, 3.05) is 25.0 Å². The van der Waals surface area contributed by atoms with Crippen LogP contribution in [0.2, 0.25) is 0 Å². The van der Waals surface area contributed by atoms with Crippen molar-refractivity contribution in [1.29, 1.82) is 0 Å². The van der Waals surface area contributed by atoms with Gasteiger partial charge < -0.3 is 10.2 Å². The summed E-state index contributed by atoms with van der Waals surface area (Å²) in [6, 6.07) is 14.1. The van der Waals surface area contributed by atoms with Crippen LogP contribution in [0.4, 0.5) is 5.69 Å². The predicted octanol–water partition coefficient (Wildman–Crippen LogP) is 1.93. The van der Waals surface area contributed by atoms with Gasteiger partial charge in [-0.3, -0.25) is 4.79 Å². The molecule has 0 saturated carbocycles. The summed E-state index contributed by atoms with van der Waals surface area (Å²) in [5.74, 6) is 0. The fourth-order valence-electron chi connectivity index (χ4n) is 1.80. The second-order valence-corrected chi connectivity index (χ2v) is 3.88. The Morgan fingerprint density at radius 3 is 2.65 bits per heavy atom. The Morgan fingerprint density at radius 1 is 1.18 bits per heavy atom. The standard InChI is InChI=1S/C14H15N2O/c1-15-8-9-16(11-17)14-7-6-12-4-2-3-5-13(12)10-14/h2-7,10,15H,8-9H2,1H3. The van der Waals surface area contributed by atoms with Gasteiger partial charge in [-0.15, -0.1) is 0 Å². The Balaban J connectivity index is 2.30. The van der Waals surface area contributed by atoms with Gasteiger partial charge in [0.05, 0.1) is 0 Å². The molecule has 2 aromatic carbocycles. The first-order valence-electron chi connectivity index (χ1n) is 5.64. The number of hydrogen-bond acceptors (Lipinski definition) is 2. The average Bonchev–Trinajstić information content (AvgIpc) is 2.39. The number of carbonyl (C=O) groups excluding carboxylic acids is 1. The molecule has 1 N–H and O–H groups in total.